The van der Waals surface area contributed by atoms with E-state index in [0.717, 1.165) is 8.95 Å². The Morgan fingerprint density at radius 2 is 2.10 bits per heavy atom. The van der Waals surface area contributed by atoms with Gasteiger partial charge in [0.25, 0.3) is 5.91 Å². The van der Waals surface area contributed by atoms with Gasteiger partial charge in [-0.1, -0.05) is 15.9 Å². The summed E-state index contributed by atoms with van der Waals surface area (Å²) in [5.74, 6) is 0.734. The van der Waals surface area contributed by atoms with Crippen molar-refractivity contribution in [2.45, 2.75) is 0 Å². The number of amides is 1. The number of nitrogens with zero attached hydrogens (tertiary/aromatic N) is 1. The molecule has 0 saturated carbocycles. The summed E-state index contributed by atoms with van der Waals surface area (Å²) in [4.78, 5) is 11.6. The van der Waals surface area contributed by atoms with E-state index in [2.05, 4.69) is 58.3 Å². The maximum absolute atomic E-state index is 11.6. The van der Waals surface area contributed by atoms with Crippen molar-refractivity contribution in [1.82, 2.24) is 5.43 Å². The summed E-state index contributed by atoms with van der Waals surface area (Å²) in [7, 11) is 0. The van der Waals surface area contributed by atoms with Crippen LogP contribution in [0, 0.1) is 0 Å². The summed E-state index contributed by atoms with van der Waals surface area (Å²) in [5, 5.41) is 3.77. The van der Waals surface area contributed by atoms with E-state index in [1.165, 1.54) is 6.21 Å². The highest BCUT2D eigenvalue weighted by molar-refractivity contribution is 9.11. The number of carbonyl (C=O) groups excluding carboxylic acids is 1. The first-order valence-corrected chi connectivity index (χ1v) is 8.07. The maximum Gasteiger partial charge on any atom is 0.277 e. The summed E-state index contributed by atoms with van der Waals surface area (Å²) < 4.78 is 12.8. The van der Waals surface area contributed by atoms with Gasteiger partial charge in [0, 0.05) is 4.47 Å². The lowest BCUT2D eigenvalue weighted by Gasteiger charge is -2.07. The molecule has 1 N–H and O–H groups in total. The molecule has 1 amide bonds. The Kier molecular flexibility index (Phi) is 6.01. The van der Waals surface area contributed by atoms with Gasteiger partial charge in [-0.3, -0.25) is 4.79 Å². The van der Waals surface area contributed by atoms with Crippen LogP contribution in [0.4, 0.5) is 0 Å². The number of hydrogen-bond acceptors (Lipinski definition) is 4. The number of benzene rings is 1. The lowest BCUT2D eigenvalue weighted by atomic mass is 10.3. The van der Waals surface area contributed by atoms with Gasteiger partial charge in [0.1, 0.15) is 11.5 Å². The minimum Gasteiger partial charge on any atom is -0.483 e. The van der Waals surface area contributed by atoms with Gasteiger partial charge in [0.05, 0.1) is 10.7 Å². The molecule has 0 saturated heterocycles. The van der Waals surface area contributed by atoms with Crippen LogP contribution in [0.2, 0.25) is 0 Å². The Morgan fingerprint density at radius 3 is 2.76 bits per heavy atom. The predicted octanol–water partition coefficient (Wildman–Crippen LogP) is 4.10. The molecule has 0 radical (unpaired) electrons. The maximum atomic E-state index is 11.6. The zero-order valence-corrected chi connectivity index (χ0v) is 15.2. The van der Waals surface area contributed by atoms with Crippen LogP contribution in [0.15, 0.2) is 53.5 Å². The Labute approximate surface area is 146 Å². The van der Waals surface area contributed by atoms with Gasteiger partial charge in [-0.05, 0) is 62.2 Å². The van der Waals surface area contributed by atoms with Gasteiger partial charge in [-0.2, -0.15) is 5.10 Å². The summed E-state index contributed by atoms with van der Waals surface area (Å²) in [6.45, 7) is -0.139. The molecule has 8 heteroatoms. The normalized spacial score (nSPS) is 10.8. The number of carbonyl (C=O) groups is 1. The SMILES string of the molecule is O=C(COc1ccc(Br)cc1Br)N/N=C/c1ccc(Br)o1. The van der Waals surface area contributed by atoms with Crippen molar-refractivity contribution in [3.8, 4) is 5.75 Å². The number of halogens is 3. The van der Waals surface area contributed by atoms with Gasteiger partial charge in [0.2, 0.25) is 0 Å². The van der Waals surface area contributed by atoms with Crippen molar-refractivity contribution < 1.29 is 13.9 Å². The van der Waals surface area contributed by atoms with Crippen LogP contribution in [-0.4, -0.2) is 18.7 Å². The van der Waals surface area contributed by atoms with E-state index >= 15 is 0 Å². The van der Waals surface area contributed by atoms with Crippen molar-refractivity contribution >= 4 is 59.9 Å². The minimum absolute atomic E-state index is 0.139. The fourth-order valence-electron chi connectivity index (χ4n) is 1.33. The Bertz CT molecular complexity index is 670. The fraction of sp³-hybridized carbons (Fsp3) is 0.0769. The zero-order chi connectivity index (χ0) is 15.2. The van der Waals surface area contributed by atoms with Crippen LogP contribution >= 0.6 is 47.8 Å². The topological polar surface area (TPSA) is 63.8 Å². The number of nitrogens with one attached hydrogen (secondary N) is 1. The van der Waals surface area contributed by atoms with E-state index < -0.39 is 0 Å². The van der Waals surface area contributed by atoms with Crippen LogP contribution in [0.25, 0.3) is 0 Å². The summed E-state index contributed by atoms with van der Waals surface area (Å²) in [6, 6.07) is 8.86. The summed E-state index contributed by atoms with van der Waals surface area (Å²) >= 11 is 9.86. The van der Waals surface area contributed by atoms with E-state index in [1.807, 2.05) is 12.1 Å². The largest absolute Gasteiger partial charge is 0.483 e. The molecule has 0 aliphatic heterocycles. The highest BCUT2D eigenvalue weighted by atomic mass is 79.9. The number of rotatable bonds is 5. The average molecular weight is 481 g/mol. The molecular formula is C13H9Br3N2O3. The molecular weight excluding hydrogens is 472 g/mol. The van der Waals surface area contributed by atoms with Crippen LogP contribution in [0.5, 0.6) is 5.75 Å². The second-order valence-electron chi connectivity index (χ2n) is 3.80. The third-order valence-corrected chi connectivity index (χ3v) is 3.77. The van der Waals surface area contributed by atoms with Crippen LogP contribution < -0.4 is 10.2 Å². The van der Waals surface area contributed by atoms with Gasteiger partial charge >= 0.3 is 0 Å². The van der Waals surface area contributed by atoms with E-state index in [0.29, 0.717) is 16.2 Å². The molecule has 1 aromatic carbocycles. The molecule has 0 unspecified atom stereocenters. The van der Waals surface area contributed by atoms with Crippen LogP contribution in [0.3, 0.4) is 0 Å². The number of ether oxygens (including phenoxy) is 1. The molecule has 0 aliphatic carbocycles. The summed E-state index contributed by atoms with van der Waals surface area (Å²) in [5.41, 5.74) is 2.35. The quantitative estimate of drug-likeness (QED) is 0.518. The molecule has 21 heavy (non-hydrogen) atoms. The Balaban J connectivity index is 1.81. The van der Waals surface area contributed by atoms with Gasteiger partial charge in [-0.25, -0.2) is 5.43 Å². The third-order valence-electron chi connectivity index (χ3n) is 2.23. The first-order chi connectivity index (χ1) is 10.0. The van der Waals surface area contributed by atoms with E-state index in [-0.39, 0.29) is 12.5 Å². The van der Waals surface area contributed by atoms with Crippen molar-refractivity contribution in [2.24, 2.45) is 5.10 Å². The highest BCUT2D eigenvalue weighted by Crippen LogP contribution is 2.28. The molecule has 2 rings (SSSR count). The van der Waals surface area contributed by atoms with Gasteiger partial charge < -0.3 is 9.15 Å². The first-order valence-electron chi connectivity index (χ1n) is 5.69. The molecule has 110 valence electrons. The minimum atomic E-state index is -0.369. The van der Waals surface area contributed by atoms with Crippen LogP contribution in [0.1, 0.15) is 5.76 Å². The third kappa shape index (κ3) is 5.29. The van der Waals surface area contributed by atoms with Gasteiger partial charge in [-0.15, -0.1) is 0 Å². The highest BCUT2D eigenvalue weighted by Gasteiger charge is 2.05. The molecule has 0 fully saturated rings. The van der Waals surface area contributed by atoms with Crippen molar-refractivity contribution in [3.05, 3.63) is 49.7 Å². The second-order valence-corrected chi connectivity index (χ2v) is 6.35. The molecule has 0 bridgehead atoms. The Hall–Kier alpha value is -1.12. The standard InChI is InChI=1S/C13H9Br3N2O3/c14-8-1-3-11(10(15)5-8)20-7-13(19)18-17-6-9-2-4-12(16)21-9/h1-6H,7H2,(H,18,19)/b17-6+. The van der Waals surface area contributed by atoms with E-state index in [9.17, 15) is 4.79 Å². The molecule has 0 spiro atoms. The number of furan rings is 1. The lowest BCUT2D eigenvalue weighted by molar-refractivity contribution is -0.123. The molecule has 1 aromatic heterocycles. The second kappa shape index (κ2) is 7.77. The fourth-order valence-corrected chi connectivity index (χ4v) is 2.81. The molecule has 5 nitrogen and oxygen atoms in total. The average Bonchev–Trinajstić information content (AvgIpc) is 2.83. The van der Waals surface area contributed by atoms with Crippen molar-refractivity contribution in [3.63, 3.8) is 0 Å². The van der Waals surface area contributed by atoms with E-state index in [1.54, 1.807) is 18.2 Å². The molecule has 0 aliphatic rings. The first kappa shape index (κ1) is 16.3. The lowest BCUT2D eigenvalue weighted by Crippen LogP contribution is -2.24. The molecule has 1 heterocycles. The predicted molar refractivity (Wildman–Crippen MR) is 89.5 cm³/mol. The monoisotopic (exact) mass is 478 g/mol. The Morgan fingerprint density at radius 1 is 1.29 bits per heavy atom. The molecule has 0 atom stereocenters. The van der Waals surface area contributed by atoms with E-state index in [4.69, 9.17) is 9.15 Å². The molecule has 2 aromatic rings. The summed E-state index contributed by atoms with van der Waals surface area (Å²) in [6.07, 6.45) is 1.40. The number of hydrogen-bond donors (Lipinski definition) is 1. The van der Waals surface area contributed by atoms with Gasteiger partial charge in [0.15, 0.2) is 11.3 Å². The van der Waals surface area contributed by atoms with Crippen molar-refractivity contribution in [2.75, 3.05) is 6.61 Å². The van der Waals surface area contributed by atoms with Crippen molar-refractivity contribution in [1.29, 1.82) is 0 Å². The van der Waals surface area contributed by atoms with Crippen LogP contribution in [-0.2, 0) is 4.79 Å². The number of hydrazone groups is 1. The smallest absolute Gasteiger partial charge is 0.277 e. The zero-order valence-electron chi connectivity index (χ0n) is 10.5.